The second-order valence-corrected chi connectivity index (χ2v) is 5.44. The van der Waals surface area contributed by atoms with Gasteiger partial charge in [0, 0.05) is 0 Å². The van der Waals surface area contributed by atoms with Gasteiger partial charge < -0.3 is 0 Å². The van der Waals surface area contributed by atoms with Crippen LogP contribution in [0.4, 0.5) is 0 Å². The molecule has 0 bridgehead atoms. The zero-order chi connectivity index (χ0) is 11.6. The van der Waals surface area contributed by atoms with E-state index in [1.807, 2.05) is 0 Å². The first-order chi connectivity index (χ1) is 7.65. The number of nitrogens with zero attached hydrogens (tertiary/aromatic N) is 1. The van der Waals surface area contributed by atoms with Crippen LogP contribution in [0.5, 0.6) is 0 Å². The van der Waals surface area contributed by atoms with Crippen LogP contribution >= 0.6 is 0 Å². The van der Waals surface area contributed by atoms with Crippen LogP contribution in [0.3, 0.4) is 0 Å². The number of hydrogen-bond donors (Lipinski definition) is 0. The monoisotopic (exact) mass is 213 g/mol. The van der Waals surface area contributed by atoms with Gasteiger partial charge in [-0.25, -0.2) is 0 Å². The molecule has 0 spiro atoms. The molecule has 0 fully saturated rings. The highest BCUT2D eigenvalue weighted by atomic mass is 14.4. The smallest absolute Gasteiger partial charge is 0.0693 e. The van der Waals surface area contributed by atoms with Gasteiger partial charge >= 0.3 is 0 Å². The maximum Gasteiger partial charge on any atom is 0.0693 e. The number of benzene rings is 1. The SMILES string of the molecule is CC(C)CC1(C#N)CCc2ccccc2C1. The molecule has 1 aliphatic carbocycles. The molecule has 0 N–H and O–H groups in total. The van der Waals surface area contributed by atoms with Crippen molar-refractivity contribution < 1.29 is 0 Å². The number of aryl methyl sites for hydroxylation is 1. The summed E-state index contributed by atoms with van der Waals surface area (Å²) in [7, 11) is 0. The van der Waals surface area contributed by atoms with Crippen LogP contribution in [-0.4, -0.2) is 0 Å². The normalized spacial score (nSPS) is 23.9. The van der Waals surface area contributed by atoms with Crippen molar-refractivity contribution in [2.75, 3.05) is 0 Å². The molecule has 84 valence electrons. The van der Waals surface area contributed by atoms with Crippen molar-refractivity contribution >= 4 is 0 Å². The molecule has 0 heterocycles. The van der Waals surface area contributed by atoms with Crippen molar-refractivity contribution in [3.05, 3.63) is 35.4 Å². The molecule has 1 aromatic rings. The molecule has 0 saturated carbocycles. The second kappa shape index (κ2) is 4.29. The summed E-state index contributed by atoms with van der Waals surface area (Å²) in [4.78, 5) is 0. The zero-order valence-corrected chi connectivity index (χ0v) is 10.2. The molecule has 0 aliphatic heterocycles. The minimum atomic E-state index is -0.109. The fourth-order valence-corrected chi connectivity index (χ4v) is 2.90. The standard InChI is InChI=1S/C15H19N/c1-12(2)9-15(11-16)8-7-13-5-3-4-6-14(13)10-15/h3-6,12H,7-10H2,1-2H3. The summed E-state index contributed by atoms with van der Waals surface area (Å²) in [5, 5.41) is 9.47. The van der Waals surface area contributed by atoms with Gasteiger partial charge in [-0.15, -0.1) is 0 Å². The molecule has 1 aliphatic rings. The van der Waals surface area contributed by atoms with Gasteiger partial charge in [0.1, 0.15) is 0 Å². The number of nitriles is 1. The molecule has 0 radical (unpaired) electrons. The van der Waals surface area contributed by atoms with E-state index in [1.165, 1.54) is 11.1 Å². The van der Waals surface area contributed by atoms with E-state index in [2.05, 4.69) is 44.2 Å². The van der Waals surface area contributed by atoms with Crippen LogP contribution in [-0.2, 0) is 12.8 Å². The average Bonchev–Trinajstić information content (AvgIpc) is 2.28. The average molecular weight is 213 g/mol. The Bertz CT molecular complexity index is 414. The lowest BCUT2D eigenvalue weighted by Crippen LogP contribution is -2.29. The quantitative estimate of drug-likeness (QED) is 0.734. The first kappa shape index (κ1) is 11.2. The molecule has 1 atom stereocenters. The van der Waals surface area contributed by atoms with Gasteiger partial charge in [0.15, 0.2) is 0 Å². The van der Waals surface area contributed by atoms with E-state index in [9.17, 15) is 5.26 Å². The molecule has 16 heavy (non-hydrogen) atoms. The topological polar surface area (TPSA) is 23.8 Å². The van der Waals surface area contributed by atoms with Gasteiger partial charge in [0.05, 0.1) is 11.5 Å². The minimum Gasteiger partial charge on any atom is -0.198 e. The summed E-state index contributed by atoms with van der Waals surface area (Å²) in [5.41, 5.74) is 2.72. The molecule has 0 saturated heterocycles. The maximum atomic E-state index is 9.47. The Morgan fingerprint density at radius 3 is 2.62 bits per heavy atom. The lowest BCUT2D eigenvalue weighted by atomic mass is 9.68. The molecule has 1 nitrogen and oxygen atoms in total. The van der Waals surface area contributed by atoms with Gasteiger partial charge in [-0.3, -0.25) is 0 Å². The summed E-state index contributed by atoms with van der Waals surface area (Å²) in [6.45, 7) is 4.42. The van der Waals surface area contributed by atoms with Crippen molar-refractivity contribution in [3.8, 4) is 6.07 Å². The van der Waals surface area contributed by atoms with Gasteiger partial charge in [-0.05, 0) is 42.7 Å². The van der Waals surface area contributed by atoms with Crippen LogP contribution < -0.4 is 0 Å². The highest BCUT2D eigenvalue weighted by Crippen LogP contribution is 2.39. The Morgan fingerprint density at radius 2 is 2.00 bits per heavy atom. The molecular weight excluding hydrogens is 194 g/mol. The number of fused-ring (bicyclic) bond motifs is 1. The summed E-state index contributed by atoms with van der Waals surface area (Å²) in [5.74, 6) is 0.602. The third kappa shape index (κ3) is 2.11. The minimum absolute atomic E-state index is 0.109. The Morgan fingerprint density at radius 1 is 1.31 bits per heavy atom. The van der Waals surface area contributed by atoms with Crippen LogP contribution in [0, 0.1) is 22.7 Å². The van der Waals surface area contributed by atoms with E-state index < -0.39 is 0 Å². The van der Waals surface area contributed by atoms with E-state index in [-0.39, 0.29) is 5.41 Å². The van der Waals surface area contributed by atoms with E-state index in [4.69, 9.17) is 0 Å². The highest BCUT2D eigenvalue weighted by Gasteiger charge is 2.34. The Kier molecular flexibility index (Phi) is 3.01. The summed E-state index contributed by atoms with van der Waals surface area (Å²) in [6, 6.07) is 11.2. The van der Waals surface area contributed by atoms with Crippen LogP contribution in [0.15, 0.2) is 24.3 Å². The van der Waals surface area contributed by atoms with Crippen LogP contribution in [0.25, 0.3) is 0 Å². The summed E-state index contributed by atoms with van der Waals surface area (Å²) >= 11 is 0. The van der Waals surface area contributed by atoms with Crippen LogP contribution in [0.1, 0.15) is 37.8 Å². The lowest BCUT2D eigenvalue weighted by Gasteiger charge is -2.33. The van der Waals surface area contributed by atoms with Crippen molar-refractivity contribution in [2.45, 2.75) is 39.5 Å². The van der Waals surface area contributed by atoms with Crippen molar-refractivity contribution in [2.24, 2.45) is 11.3 Å². The highest BCUT2D eigenvalue weighted by molar-refractivity contribution is 5.32. The Hall–Kier alpha value is -1.29. The zero-order valence-electron chi connectivity index (χ0n) is 10.2. The van der Waals surface area contributed by atoms with E-state index >= 15 is 0 Å². The van der Waals surface area contributed by atoms with Crippen molar-refractivity contribution in [1.29, 1.82) is 5.26 Å². The van der Waals surface area contributed by atoms with Crippen LogP contribution in [0.2, 0.25) is 0 Å². The molecule has 1 heteroatoms. The molecular formula is C15H19N. The van der Waals surface area contributed by atoms with E-state index in [0.29, 0.717) is 5.92 Å². The van der Waals surface area contributed by atoms with Gasteiger partial charge in [0.2, 0.25) is 0 Å². The molecule has 2 rings (SSSR count). The van der Waals surface area contributed by atoms with Gasteiger partial charge in [-0.1, -0.05) is 38.1 Å². The fourth-order valence-electron chi connectivity index (χ4n) is 2.90. The third-order valence-corrected chi connectivity index (χ3v) is 3.56. The molecule has 0 amide bonds. The first-order valence-electron chi connectivity index (χ1n) is 6.13. The summed E-state index contributed by atoms with van der Waals surface area (Å²) < 4.78 is 0. The predicted octanol–water partition coefficient (Wildman–Crippen LogP) is 3.73. The van der Waals surface area contributed by atoms with Crippen molar-refractivity contribution in [1.82, 2.24) is 0 Å². The number of hydrogen-bond acceptors (Lipinski definition) is 1. The Labute approximate surface area is 98.1 Å². The maximum absolute atomic E-state index is 9.47. The Balaban J connectivity index is 2.26. The first-order valence-corrected chi connectivity index (χ1v) is 6.13. The van der Waals surface area contributed by atoms with Gasteiger partial charge in [-0.2, -0.15) is 5.26 Å². The second-order valence-electron chi connectivity index (χ2n) is 5.44. The fraction of sp³-hybridized carbons (Fsp3) is 0.533. The largest absolute Gasteiger partial charge is 0.198 e. The van der Waals surface area contributed by atoms with E-state index in [0.717, 1.165) is 25.7 Å². The predicted molar refractivity (Wildman–Crippen MR) is 66.0 cm³/mol. The number of rotatable bonds is 2. The molecule has 1 unspecified atom stereocenters. The van der Waals surface area contributed by atoms with E-state index in [1.54, 1.807) is 0 Å². The molecule has 0 aromatic heterocycles. The lowest BCUT2D eigenvalue weighted by molar-refractivity contribution is 0.275. The molecule has 1 aromatic carbocycles. The van der Waals surface area contributed by atoms with Crippen molar-refractivity contribution in [3.63, 3.8) is 0 Å². The third-order valence-electron chi connectivity index (χ3n) is 3.56. The van der Waals surface area contributed by atoms with Gasteiger partial charge in [0.25, 0.3) is 0 Å². The summed E-state index contributed by atoms with van der Waals surface area (Å²) in [6.07, 6.45) is 4.06.